The third-order valence-corrected chi connectivity index (χ3v) is 2.40. The molecule has 0 aliphatic carbocycles. The molecule has 0 bridgehead atoms. The van der Waals surface area contributed by atoms with Gasteiger partial charge in [0, 0.05) is 4.90 Å². The second-order valence-electron chi connectivity index (χ2n) is 2.91. The number of hydrogen-bond donors (Lipinski definition) is 0. The predicted octanol–water partition coefficient (Wildman–Crippen LogP) is 2.10. The lowest BCUT2D eigenvalue weighted by Gasteiger charge is -2.08. The Bertz CT molecular complexity index is 312. The van der Waals surface area contributed by atoms with E-state index in [2.05, 4.69) is 6.92 Å². The highest BCUT2D eigenvalue weighted by molar-refractivity contribution is 7.79. The molecule has 0 aliphatic rings. The van der Waals surface area contributed by atoms with Gasteiger partial charge in [0.25, 0.3) is 0 Å². The van der Waals surface area contributed by atoms with Crippen molar-refractivity contribution in [2.75, 3.05) is 6.61 Å². The molecule has 0 fully saturated rings. The first-order valence-electron chi connectivity index (χ1n) is 4.56. The van der Waals surface area contributed by atoms with Crippen LogP contribution >= 0.6 is 0 Å². The van der Waals surface area contributed by atoms with Gasteiger partial charge in [0.1, 0.15) is 5.75 Å². The summed E-state index contributed by atoms with van der Waals surface area (Å²) in [6, 6.07) is 6.49. The summed E-state index contributed by atoms with van der Waals surface area (Å²) in [6.45, 7) is 2.71. The molecule has 0 N–H and O–H groups in total. The van der Waals surface area contributed by atoms with E-state index >= 15 is 0 Å². The summed E-state index contributed by atoms with van der Waals surface area (Å²) in [5.41, 5.74) is 0. The maximum atomic E-state index is 10.6. The quantitative estimate of drug-likeness (QED) is 0.556. The predicted molar refractivity (Wildman–Crippen MR) is 54.0 cm³/mol. The van der Waals surface area contributed by atoms with Crippen molar-refractivity contribution >= 4 is 11.1 Å². The first-order chi connectivity index (χ1) is 6.74. The lowest BCUT2D eigenvalue weighted by molar-refractivity contribution is 0.308. The molecular formula is C10H13O3S-. The van der Waals surface area contributed by atoms with Gasteiger partial charge >= 0.3 is 0 Å². The number of rotatable bonds is 5. The lowest BCUT2D eigenvalue weighted by Crippen LogP contribution is -1.97. The van der Waals surface area contributed by atoms with Crippen molar-refractivity contribution in [2.45, 2.75) is 24.7 Å². The molecule has 0 radical (unpaired) electrons. The third-order valence-electron chi connectivity index (χ3n) is 1.76. The number of benzene rings is 1. The minimum atomic E-state index is -2.18. The smallest absolute Gasteiger partial charge is 0.120 e. The Morgan fingerprint density at radius 1 is 1.50 bits per heavy atom. The minimum absolute atomic E-state index is 0.263. The van der Waals surface area contributed by atoms with Crippen LogP contribution in [0.25, 0.3) is 0 Å². The topological polar surface area (TPSA) is 49.4 Å². The van der Waals surface area contributed by atoms with Crippen molar-refractivity contribution in [1.82, 2.24) is 0 Å². The Kier molecular flexibility index (Phi) is 4.62. The van der Waals surface area contributed by atoms with Gasteiger partial charge in [0.2, 0.25) is 0 Å². The van der Waals surface area contributed by atoms with Crippen molar-refractivity contribution in [2.24, 2.45) is 0 Å². The van der Waals surface area contributed by atoms with Gasteiger partial charge in [0.15, 0.2) is 0 Å². The van der Waals surface area contributed by atoms with Gasteiger partial charge in [-0.2, -0.15) is 0 Å². The fourth-order valence-electron chi connectivity index (χ4n) is 1.00. The van der Waals surface area contributed by atoms with Crippen molar-refractivity contribution in [1.29, 1.82) is 0 Å². The van der Waals surface area contributed by atoms with Crippen molar-refractivity contribution < 1.29 is 13.5 Å². The third kappa shape index (κ3) is 3.47. The van der Waals surface area contributed by atoms with Gasteiger partial charge in [0.05, 0.1) is 6.61 Å². The highest BCUT2D eigenvalue weighted by Crippen LogP contribution is 2.15. The zero-order valence-corrected chi connectivity index (χ0v) is 8.88. The summed E-state index contributed by atoms with van der Waals surface area (Å²) in [4.78, 5) is 0.263. The molecule has 0 aliphatic heterocycles. The van der Waals surface area contributed by atoms with E-state index in [4.69, 9.17) is 4.74 Å². The Morgan fingerprint density at radius 2 is 2.29 bits per heavy atom. The summed E-state index contributed by atoms with van der Waals surface area (Å²) in [5.74, 6) is 0.611. The van der Waals surface area contributed by atoms with Crippen LogP contribution in [0.5, 0.6) is 5.75 Å². The number of hydrogen-bond acceptors (Lipinski definition) is 3. The normalized spacial score (nSPS) is 12.4. The van der Waals surface area contributed by atoms with Gasteiger partial charge < -0.3 is 9.29 Å². The average Bonchev–Trinajstić information content (AvgIpc) is 2.19. The summed E-state index contributed by atoms with van der Waals surface area (Å²) in [5, 5.41) is 0. The Hall–Kier alpha value is -0.870. The van der Waals surface area contributed by atoms with Gasteiger partial charge in [-0.1, -0.05) is 19.4 Å². The average molecular weight is 213 g/mol. The first-order valence-corrected chi connectivity index (χ1v) is 5.63. The summed E-state index contributed by atoms with van der Waals surface area (Å²) in [7, 11) is 0. The molecule has 1 aromatic rings. The fraction of sp³-hybridized carbons (Fsp3) is 0.400. The van der Waals surface area contributed by atoms with E-state index in [0.717, 1.165) is 12.8 Å². The van der Waals surface area contributed by atoms with Crippen LogP contribution in [0.3, 0.4) is 0 Å². The molecule has 1 aromatic carbocycles. The molecule has 4 heteroatoms. The van der Waals surface area contributed by atoms with Crippen LogP contribution in [-0.2, 0) is 11.1 Å². The molecule has 0 saturated heterocycles. The van der Waals surface area contributed by atoms with Gasteiger partial charge in [-0.25, -0.2) is 0 Å². The van der Waals surface area contributed by atoms with E-state index in [0.29, 0.717) is 12.4 Å². The highest BCUT2D eigenvalue weighted by atomic mass is 32.2. The van der Waals surface area contributed by atoms with Crippen molar-refractivity contribution in [3.8, 4) is 5.75 Å². The second kappa shape index (κ2) is 5.78. The van der Waals surface area contributed by atoms with Crippen LogP contribution in [0.4, 0.5) is 0 Å². The molecule has 78 valence electrons. The standard InChI is InChI=1S/C10H14O3S/c1-2-3-7-13-9-5-4-6-10(8-9)14(11)12/h4-6,8H,2-3,7H2,1H3,(H,11,12)/p-1. The zero-order valence-electron chi connectivity index (χ0n) is 8.06. The van der Waals surface area contributed by atoms with E-state index in [9.17, 15) is 8.76 Å². The minimum Gasteiger partial charge on any atom is -0.768 e. The number of unbranched alkanes of at least 4 members (excludes halogenated alkanes) is 1. The van der Waals surface area contributed by atoms with Crippen LogP contribution < -0.4 is 4.74 Å². The molecule has 0 amide bonds. The largest absolute Gasteiger partial charge is 0.768 e. The van der Waals surface area contributed by atoms with Crippen LogP contribution in [0.15, 0.2) is 29.2 Å². The van der Waals surface area contributed by atoms with E-state index in [1.165, 1.54) is 12.1 Å². The maximum absolute atomic E-state index is 10.6. The van der Waals surface area contributed by atoms with Crippen LogP contribution in [-0.4, -0.2) is 15.4 Å². The number of ether oxygens (including phenoxy) is 1. The molecule has 3 nitrogen and oxygen atoms in total. The SMILES string of the molecule is CCCCOc1cccc(S(=O)[O-])c1. The Labute approximate surface area is 86.4 Å². The van der Waals surface area contributed by atoms with E-state index < -0.39 is 11.1 Å². The Morgan fingerprint density at radius 3 is 2.93 bits per heavy atom. The molecule has 0 saturated carbocycles. The summed E-state index contributed by atoms with van der Waals surface area (Å²) < 4.78 is 26.6. The zero-order chi connectivity index (χ0) is 10.4. The van der Waals surface area contributed by atoms with Crippen LogP contribution in [0.2, 0.25) is 0 Å². The molecular weight excluding hydrogens is 200 g/mol. The maximum Gasteiger partial charge on any atom is 0.120 e. The highest BCUT2D eigenvalue weighted by Gasteiger charge is 1.96. The monoisotopic (exact) mass is 213 g/mol. The van der Waals surface area contributed by atoms with Crippen LogP contribution in [0.1, 0.15) is 19.8 Å². The lowest BCUT2D eigenvalue weighted by atomic mass is 10.3. The first kappa shape index (κ1) is 11.2. The molecule has 0 spiro atoms. The molecule has 0 heterocycles. The van der Waals surface area contributed by atoms with Crippen molar-refractivity contribution in [3.05, 3.63) is 24.3 Å². The van der Waals surface area contributed by atoms with E-state index in [1.54, 1.807) is 12.1 Å². The molecule has 1 unspecified atom stereocenters. The van der Waals surface area contributed by atoms with Gasteiger partial charge in [-0.3, -0.25) is 4.21 Å². The molecule has 1 atom stereocenters. The fourth-order valence-corrected chi connectivity index (χ4v) is 1.40. The molecule has 1 rings (SSSR count). The molecule has 14 heavy (non-hydrogen) atoms. The molecule has 0 aromatic heterocycles. The van der Waals surface area contributed by atoms with E-state index in [1.807, 2.05) is 0 Å². The second-order valence-corrected chi connectivity index (χ2v) is 3.85. The van der Waals surface area contributed by atoms with Crippen LogP contribution in [0, 0.1) is 0 Å². The summed E-state index contributed by atoms with van der Waals surface area (Å²) in [6.07, 6.45) is 2.04. The Balaban J connectivity index is 2.59. The van der Waals surface area contributed by atoms with Crippen molar-refractivity contribution in [3.63, 3.8) is 0 Å². The van der Waals surface area contributed by atoms with Gasteiger partial charge in [-0.15, -0.1) is 0 Å². The van der Waals surface area contributed by atoms with Gasteiger partial charge in [-0.05, 0) is 35.7 Å². The van der Waals surface area contributed by atoms with E-state index in [-0.39, 0.29) is 4.90 Å². The summed E-state index contributed by atoms with van der Waals surface area (Å²) >= 11 is -2.18.